The third-order valence-electron chi connectivity index (χ3n) is 6.51. The Labute approximate surface area is 205 Å². The molecule has 0 saturated heterocycles. The fourth-order valence-electron chi connectivity index (χ4n) is 4.37. The molecule has 198 valence electrons. The Morgan fingerprint density at radius 2 is 1.24 bits per heavy atom. The molecule has 3 atom stereocenters. The lowest BCUT2D eigenvalue weighted by atomic mass is 10.0. The van der Waals surface area contributed by atoms with Crippen LogP contribution in [0.3, 0.4) is 0 Å². The maximum Gasteiger partial charge on any atom is 0.472 e. The van der Waals surface area contributed by atoms with Crippen molar-refractivity contribution in [2.75, 3.05) is 40.9 Å². The molecule has 1 saturated carbocycles. The maximum atomic E-state index is 12.3. The van der Waals surface area contributed by atoms with E-state index >= 15 is 0 Å². The molecule has 6 nitrogen and oxygen atoms in total. The van der Waals surface area contributed by atoms with Gasteiger partial charge >= 0.3 is 7.82 Å². The number of ether oxygens (including phenoxy) is 1. The molecule has 0 aliphatic heterocycles. The van der Waals surface area contributed by atoms with Crippen molar-refractivity contribution < 1.29 is 27.7 Å². The van der Waals surface area contributed by atoms with Crippen LogP contribution in [0.1, 0.15) is 116 Å². The Bertz CT molecular complexity index is 511. The molecular formula is C26H55NO5P+. The second-order valence-corrected chi connectivity index (χ2v) is 12.3. The molecule has 0 amide bonds. The molecule has 0 heterocycles. The van der Waals surface area contributed by atoms with E-state index in [0.717, 1.165) is 25.7 Å². The van der Waals surface area contributed by atoms with Crippen molar-refractivity contribution in [3.63, 3.8) is 0 Å². The summed E-state index contributed by atoms with van der Waals surface area (Å²) in [5, 5.41) is 0. The first-order chi connectivity index (χ1) is 15.7. The monoisotopic (exact) mass is 492 g/mol. The summed E-state index contributed by atoms with van der Waals surface area (Å²) in [4.78, 5) is 10.0. The van der Waals surface area contributed by atoms with Crippen LogP contribution in [0.4, 0.5) is 0 Å². The predicted molar refractivity (Wildman–Crippen MR) is 137 cm³/mol. The number of likely N-dealkylation sites (N-methyl/N-ethyl adjacent to an activating group) is 1. The van der Waals surface area contributed by atoms with Crippen LogP contribution in [0.15, 0.2) is 0 Å². The second kappa shape index (κ2) is 18.3. The summed E-state index contributed by atoms with van der Waals surface area (Å²) in [6.07, 6.45) is 21.0. The second-order valence-electron chi connectivity index (χ2n) is 10.9. The van der Waals surface area contributed by atoms with Gasteiger partial charge in [0, 0.05) is 6.61 Å². The van der Waals surface area contributed by atoms with Gasteiger partial charge in [-0.3, -0.25) is 9.05 Å². The summed E-state index contributed by atoms with van der Waals surface area (Å²) in [5.41, 5.74) is 0. The highest BCUT2D eigenvalue weighted by Gasteiger charge is 2.36. The molecule has 33 heavy (non-hydrogen) atoms. The average Bonchev–Trinajstić information content (AvgIpc) is 3.15. The van der Waals surface area contributed by atoms with Gasteiger partial charge in [0.1, 0.15) is 13.2 Å². The van der Waals surface area contributed by atoms with Crippen LogP contribution in [0.25, 0.3) is 0 Å². The molecule has 1 aliphatic carbocycles. The van der Waals surface area contributed by atoms with Crippen LogP contribution >= 0.6 is 7.82 Å². The number of hydrogen-bond donors (Lipinski definition) is 1. The molecule has 0 aromatic rings. The topological polar surface area (TPSA) is 65.0 Å². The zero-order valence-electron chi connectivity index (χ0n) is 22.3. The molecule has 0 aromatic heterocycles. The SMILES string of the molecule is CCCCCCCCCCCCCCCCO[C@H]1CCC[C@H]1OP(=O)(O)OCC[N+](C)(C)C. The van der Waals surface area contributed by atoms with Crippen molar-refractivity contribution in [3.8, 4) is 0 Å². The van der Waals surface area contributed by atoms with Crippen LogP contribution in [0.5, 0.6) is 0 Å². The van der Waals surface area contributed by atoms with Gasteiger partial charge in [-0.25, -0.2) is 4.57 Å². The number of rotatable bonds is 22. The van der Waals surface area contributed by atoms with Crippen molar-refractivity contribution >= 4 is 7.82 Å². The van der Waals surface area contributed by atoms with Crippen molar-refractivity contribution in [1.29, 1.82) is 0 Å². The van der Waals surface area contributed by atoms with E-state index in [4.69, 9.17) is 13.8 Å². The van der Waals surface area contributed by atoms with Gasteiger partial charge in [0.25, 0.3) is 0 Å². The van der Waals surface area contributed by atoms with E-state index in [9.17, 15) is 9.46 Å². The number of quaternary nitrogens is 1. The molecule has 1 unspecified atom stereocenters. The van der Waals surface area contributed by atoms with Gasteiger partial charge < -0.3 is 14.1 Å². The van der Waals surface area contributed by atoms with E-state index in [0.29, 0.717) is 17.6 Å². The van der Waals surface area contributed by atoms with Crippen molar-refractivity contribution in [2.24, 2.45) is 0 Å². The van der Waals surface area contributed by atoms with E-state index in [1.54, 1.807) is 0 Å². The van der Waals surface area contributed by atoms with Gasteiger partial charge in [-0.05, 0) is 25.7 Å². The Kier molecular flexibility index (Phi) is 17.2. The first kappa shape index (κ1) is 31.1. The summed E-state index contributed by atoms with van der Waals surface area (Å²) in [7, 11) is 2.03. The van der Waals surface area contributed by atoms with E-state index in [-0.39, 0.29) is 18.8 Å². The normalized spacial score (nSPS) is 20.9. The molecule has 1 fully saturated rings. The third kappa shape index (κ3) is 18.0. The van der Waals surface area contributed by atoms with Crippen LogP contribution < -0.4 is 0 Å². The number of nitrogens with zero attached hydrogens (tertiary/aromatic N) is 1. The van der Waals surface area contributed by atoms with Crippen LogP contribution in [-0.4, -0.2) is 62.5 Å². The zero-order valence-corrected chi connectivity index (χ0v) is 23.2. The van der Waals surface area contributed by atoms with Crippen molar-refractivity contribution in [1.82, 2.24) is 0 Å². The molecular weight excluding hydrogens is 437 g/mol. The number of unbranched alkanes of at least 4 members (excludes halogenated alkanes) is 13. The van der Waals surface area contributed by atoms with E-state index < -0.39 is 7.82 Å². The summed E-state index contributed by atoms with van der Waals surface area (Å²) in [6, 6.07) is 0. The standard InChI is InChI=1S/C26H54NO5P/c1-5-6-7-8-9-10-11-12-13-14-15-16-17-18-23-30-25-20-19-21-26(25)32-33(28,29)31-24-22-27(2,3)4/h25-26H,5-24H2,1-4H3/p+1/t25-,26+/m0/s1. The molecule has 0 bridgehead atoms. The molecule has 7 heteroatoms. The minimum atomic E-state index is -4.03. The van der Waals surface area contributed by atoms with Gasteiger partial charge in [0.15, 0.2) is 0 Å². The van der Waals surface area contributed by atoms with Crippen molar-refractivity contribution in [2.45, 2.75) is 128 Å². The Morgan fingerprint density at radius 1 is 0.758 bits per heavy atom. The summed E-state index contributed by atoms with van der Waals surface area (Å²) in [5.74, 6) is 0. The Balaban J connectivity index is 1.99. The quantitative estimate of drug-likeness (QED) is 0.0980. The summed E-state index contributed by atoms with van der Waals surface area (Å²) in [6.45, 7) is 3.84. The van der Waals surface area contributed by atoms with Gasteiger partial charge in [0.2, 0.25) is 0 Å². The van der Waals surface area contributed by atoms with Gasteiger partial charge in [-0.2, -0.15) is 0 Å². The number of phosphoric ester groups is 1. The summed E-state index contributed by atoms with van der Waals surface area (Å²) < 4.78 is 29.6. The van der Waals surface area contributed by atoms with E-state index in [1.165, 1.54) is 83.5 Å². The molecule has 1 rings (SSSR count). The molecule has 0 radical (unpaired) electrons. The van der Waals surface area contributed by atoms with E-state index in [1.807, 2.05) is 21.1 Å². The Morgan fingerprint density at radius 3 is 1.76 bits per heavy atom. The predicted octanol–water partition coefficient (Wildman–Crippen LogP) is 7.25. The lowest BCUT2D eigenvalue weighted by Crippen LogP contribution is -2.37. The fourth-order valence-corrected chi connectivity index (χ4v) is 5.32. The maximum absolute atomic E-state index is 12.3. The number of hydrogen-bond acceptors (Lipinski definition) is 4. The van der Waals surface area contributed by atoms with Gasteiger partial charge in [-0.15, -0.1) is 0 Å². The van der Waals surface area contributed by atoms with Crippen molar-refractivity contribution in [3.05, 3.63) is 0 Å². The third-order valence-corrected chi connectivity index (χ3v) is 7.55. The summed E-state index contributed by atoms with van der Waals surface area (Å²) >= 11 is 0. The first-order valence-electron chi connectivity index (χ1n) is 13.8. The van der Waals surface area contributed by atoms with Gasteiger partial charge in [-0.1, -0.05) is 90.4 Å². The van der Waals surface area contributed by atoms with E-state index in [2.05, 4.69) is 6.92 Å². The lowest BCUT2D eigenvalue weighted by Gasteiger charge is -2.25. The Hall–Kier alpha value is 0.0300. The fraction of sp³-hybridized carbons (Fsp3) is 1.00. The molecule has 1 N–H and O–H groups in total. The highest BCUT2D eigenvalue weighted by molar-refractivity contribution is 7.47. The lowest BCUT2D eigenvalue weighted by molar-refractivity contribution is -0.870. The first-order valence-corrected chi connectivity index (χ1v) is 15.3. The molecule has 0 aromatic carbocycles. The smallest absolute Gasteiger partial charge is 0.376 e. The van der Waals surface area contributed by atoms with Crippen LogP contribution in [-0.2, 0) is 18.3 Å². The molecule has 1 aliphatic rings. The number of phosphoric acid groups is 1. The van der Waals surface area contributed by atoms with Crippen LogP contribution in [0.2, 0.25) is 0 Å². The zero-order chi connectivity index (χ0) is 24.4. The largest absolute Gasteiger partial charge is 0.472 e. The van der Waals surface area contributed by atoms with Crippen LogP contribution in [0, 0.1) is 0 Å². The average molecular weight is 493 g/mol. The molecule has 0 spiro atoms. The highest BCUT2D eigenvalue weighted by Crippen LogP contribution is 2.47. The van der Waals surface area contributed by atoms with Gasteiger partial charge in [0.05, 0.1) is 33.4 Å². The minimum Gasteiger partial charge on any atom is -0.376 e. The highest BCUT2D eigenvalue weighted by atomic mass is 31.2. The minimum absolute atomic E-state index is 0.0885.